The Morgan fingerprint density at radius 1 is 1.45 bits per heavy atom. The smallest absolute Gasteiger partial charge is 0.326 e. The Hall–Kier alpha value is -1.92. The van der Waals surface area contributed by atoms with Gasteiger partial charge in [0.05, 0.1) is 6.04 Å². The van der Waals surface area contributed by atoms with Crippen LogP contribution in [0.2, 0.25) is 0 Å². The van der Waals surface area contributed by atoms with Crippen LogP contribution in [0.1, 0.15) is 51.9 Å². The van der Waals surface area contributed by atoms with Gasteiger partial charge in [0.2, 0.25) is 5.78 Å². The minimum atomic E-state index is -0.663. The molecule has 2 N–H and O–H groups in total. The van der Waals surface area contributed by atoms with Crippen LogP contribution >= 0.6 is 0 Å². The molecule has 1 saturated heterocycles. The highest BCUT2D eigenvalue weighted by Crippen LogP contribution is 2.31. The SMILES string of the molecule is CCC(C)(C)C(=O)C(=O)N1CCCC1c1n[nH]c(=O)[nH]1. The molecule has 7 nitrogen and oxygen atoms in total. The molecule has 0 aromatic carbocycles. The first-order chi connectivity index (χ1) is 9.36. The highest BCUT2D eigenvalue weighted by atomic mass is 16.2. The molecule has 0 aliphatic carbocycles. The van der Waals surface area contributed by atoms with Crippen LogP contribution in [-0.4, -0.2) is 38.3 Å². The van der Waals surface area contributed by atoms with Gasteiger partial charge < -0.3 is 4.90 Å². The molecule has 1 fully saturated rings. The maximum absolute atomic E-state index is 12.4. The predicted octanol–water partition coefficient (Wildman–Crippen LogP) is 0.767. The molecule has 1 unspecified atom stereocenters. The molecule has 20 heavy (non-hydrogen) atoms. The van der Waals surface area contributed by atoms with Crippen LogP contribution in [0.3, 0.4) is 0 Å². The third kappa shape index (κ3) is 2.52. The van der Waals surface area contributed by atoms with Crippen molar-refractivity contribution in [1.29, 1.82) is 0 Å². The number of amides is 1. The summed E-state index contributed by atoms with van der Waals surface area (Å²) >= 11 is 0. The summed E-state index contributed by atoms with van der Waals surface area (Å²) < 4.78 is 0. The molecule has 2 heterocycles. The number of rotatable bonds is 4. The molecule has 1 amide bonds. The van der Waals surface area contributed by atoms with Gasteiger partial charge in [0.25, 0.3) is 5.91 Å². The van der Waals surface area contributed by atoms with Gasteiger partial charge in [0.1, 0.15) is 0 Å². The average Bonchev–Trinajstić information content (AvgIpc) is 3.05. The highest BCUT2D eigenvalue weighted by molar-refractivity contribution is 6.38. The molecule has 1 aromatic rings. The van der Waals surface area contributed by atoms with E-state index in [4.69, 9.17) is 0 Å². The van der Waals surface area contributed by atoms with E-state index < -0.39 is 17.0 Å². The molecule has 2 rings (SSSR count). The first-order valence-corrected chi connectivity index (χ1v) is 6.87. The normalized spacial score (nSPS) is 19.4. The first kappa shape index (κ1) is 14.5. The van der Waals surface area contributed by atoms with E-state index in [0.717, 1.165) is 6.42 Å². The van der Waals surface area contributed by atoms with Crippen LogP contribution in [0, 0.1) is 5.41 Å². The fourth-order valence-corrected chi connectivity index (χ4v) is 2.32. The van der Waals surface area contributed by atoms with Crippen LogP contribution in [-0.2, 0) is 9.59 Å². The van der Waals surface area contributed by atoms with Gasteiger partial charge in [-0.05, 0) is 19.3 Å². The number of hydrogen-bond acceptors (Lipinski definition) is 4. The van der Waals surface area contributed by atoms with Crippen molar-refractivity contribution in [3.63, 3.8) is 0 Å². The monoisotopic (exact) mass is 280 g/mol. The Morgan fingerprint density at radius 3 is 2.70 bits per heavy atom. The van der Waals surface area contributed by atoms with Crippen molar-refractivity contribution in [2.24, 2.45) is 5.41 Å². The lowest BCUT2D eigenvalue weighted by atomic mass is 9.84. The summed E-state index contributed by atoms with van der Waals surface area (Å²) in [5, 5.41) is 6.17. The van der Waals surface area contributed by atoms with Crippen molar-refractivity contribution >= 4 is 11.7 Å². The standard InChI is InChI=1S/C13H20N4O3/c1-4-13(2,3)9(18)11(19)17-7-5-6-8(17)10-14-12(20)16-15-10/h8H,4-7H2,1-3H3,(H2,14,15,16,20). The van der Waals surface area contributed by atoms with E-state index in [-0.39, 0.29) is 11.8 Å². The number of aromatic nitrogens is 3. The molecule has 110 valence electrons. The average molecular weight is 280 g/mol. The number of nitrogens with zero attached hydrogens (tertiary/aromatic N) is 2. The third-order valence-electron chi connectivity index (χ3n) is 4.04. The lowest BCUT2D eigenvalue weighted by molar-refractivity contribution is -0.150. The summed E-state index contributed by atoms with van der Waals surface area (Å²) in [6, 6.07) is -0.321. The fraction of sp³-hybridized carbons (Fsp3) is 0.692. The number of hydrogen-bond donors (Lipinski definition) is 2. The largest absolute Gasteiger partial charge is 0.340 e. The van der Waals surface area contributed by atoms with Gasteiger partial charge in [-0.3, -0.25) is 14.6 Å². The first-order valence-electron chi connectivity index (χ1n) is 6.87. The Labute approximate surface area is 116 Å². The number of nitrogens with one attached hydrogen (secondary N) is 2. The van der Waals surface area contributed by atoms with Crippen molar-refractivity contribution in [2.75, 3.05) is 6.54 Å². The zero-order chi connectivity index (χ0) is 14.9. The lowest BCUT2D eigenvalue weighted by Crippen LogP contribution is -2.42. The van der Waals surface area contributed by atoms with Gasteiger partial charge in [-0.2, -0.15) is 5.10 Å². The van der Waals surface area contributed by atoms with E-state index >= 15 is 0 Å². The number of Topliss-reactive ketones (excluding diaryl/α,β-unsaturated/α-hetero) is 1. The molecule has 0 bridgehead atoms. The maximum Gasteiger partial charge on any atom is 0.340 e. The second-order valence-corrected chi connectivity index (χ2v) is 5.79. The van der Waals surface area contributed by atoms with E-state index in [0.29, 0.717) is 25.2 Å². The van der Waals surface area contributed by atoms with Gasteiger partial charge in [0.15, 0.2) is 5.82 Å². The Bertz CT molecular complexity index is 572. The van der Waals surface area contributed by atoms with E-state index in [1.54, 1.807) is 13.8 Å². The topological polar surface area (TPSA) is 98.9 Å². The Morgan fingerprint density at radius 2 is 2.15 bits per heavy atom. The Kier molecular flexibility index (Phi) is 3.78. The van der Waals surface area contributed by atoms with Crippen molar-refractivity contribution in [3.8, 4) is 0 Å². The van der Waals surface area contributed by atoms with Gasteiger partial charge in [0, 0.05) is 12.0 Å². The predicted molar refractivity (Wildman–Crippen MR) is 72.0 cm³/mol. The van der Waals surface area contributed by atoms with Crippen molar-refractivity contribution in [1.82, 2.24) is 20.1 Å². The third-order valence-corrected chi connectivity index (χ3v) is 4.04. The molecule has 0 spiro atoms. The summed E-state index contributed by atoms with van der Waals surface area (Å²) in [7, 11) is 0. The van der Waals surface area contributed by atoms with Gasteiger partial charge >= 0.3 is 5.69 Å². The van der Waals surface area contributed by atoms with Crippen LogP contribution in [0.25, 0.3) is 0 Å². The zero-order valence-electron chi connectivity index (χ0n) is 12.0. The molecule has 1 aromatic heterocycles. The van der Waals surface area contributed by atoms with E-state index in [9.17, 15) is 14.4 Å². The maximum atomic E-state index is 12.4. The molecule has 1 atom stereocenters. The molecule has 1 aliphatic heterocycles. The summed E-state index contributed by atoms with van der Waals surface area (Å²) in [5.74, 6) is -0.448. The summed E-state index contributed by atoms with van der Waals surface area (Å²) in [5.41, 5.74) is -1.07. The number of carbonyl (C=O) groups excluding carboxylic acids is 2. The highest BCUT2D eigenvalue weighted by Gasteiger charge is 2.40. The molecule has 0 radical (unpaired) electrons. The van der Waals surface area contributed by atoms with Crippen LogP contribution < -0.4 is 5.69 Å². The molecular weight excluding hydrogens is 260 g/mol. The minimum absolute atomic E-state index is 0.321. The van der Waals surface area contributed by atoms with Crippen LogP contribution in [0.15, 0.2) is 4.79 Å². The van der Waals surface area contributed by atoms with Crippen LogP contribution in [0.5, 0.6) is 0 Å². The second kappa shape index (κ2) is 5.22. The molecular formula is C13H20N4O3. The lowest BCUT2D eigenvalue weighted by Gasteiger charge is -2.27. The number of likely N-dealkylation sites (tertiary alicyclic amines) is 1. The number of ketones is 1. The zero-order valence-corrected chi connectivity index (χ0v) is 12.0. The van der Waals surface area contributed by atoms with Gasteiger partial charge in [-0.25, -0.2) is 9.89 Å². The van der Waals surface area contributed by atoms with E-state index in [2.05, 4.69) is 15.2 Å². The Balaban J connectivity index is 2.21. The number of aromatic amines is 2. The summed E-state index contributed by atoms with van der Waals surface area (Å²) in [6.07, 6.45) is 2.10. The number of H-pyrrole nitrogens is 2. The second-order valence-electron chi connectivity index (χ2n) is 5.79. The number of carbonyl (C=O) groups is 2. The molecule has 7 heteroatoms. The van der Waals surface area contributed by atoms with E-state index in [1.165, 1.54) is 4.90 Å². The minimum Gasteiger partial charge on any atom is -0.326 e. The van der Waals surface area contributed by atoms with Gasteiger partial charge in [-0.1, -0.05) is 20.8 Å². The summed E-state index contributed by atoms with van der Waals surface area (Å²) in [4.78, 5) is 39.9. The van der Waals surface area contributed by atoms with E-state index in [1.807, 2.05) is 6.92 Å². The summed E-state index contributed by atoms with van der Waals surface area (Å²) in [6.45, 7) is 5.95. The van der Waals surface area contributed by atoms with Gasteiger partial charge in [-0.15, -0.1) is 0 Å². The quantitative estimate of drug-likeness (QED) is 0.796. The van der Waals surface area contributed by atoms with Crippen LogP contribution in [0.4, 0.5) is 0 Å². The van der Waals surface area contributed by atoms with Crippen molar-refractivity contribution < 1.29 is 9.59 Å². The van der Waals surface area contributed by atoms with Crippen molar-refractivity contribution in [3.05, 3.63) is 16.3 Å². The molecule has 0 saturated carbocycles. The van der Waals surface area contributed by atoms with Crippen molar-refractivity contribution in [2.45, 2.75) is 46.1 Å². The fourth-order valence-electron chi connectivity index (χ4n) is 2.32. The molecule has 1 aliphatic rings.